The van der Waals surface area contributed by atoms with Crippen LogP contribution in [0.4, 0.5) is 5.82 Å². The first-order valence-corrected chi connectivity index (χ1v) is 6.51. The lowest BCUT2D eigenvalue weighted by Crippen LogP contribution is -2.15. The van der Waals surface area contributed by atoms with Crippen molar-refractivity contribution in [3.05, 3.63) is 11.9 Å². The van der Waals surface area contributed by atoms with Crippen molar-refractivity contribution in [2.45, 2.75) is 52.0 Å². The van der Waals surface area contributed by atoms with Gasteiger partial charge in [-0.05, 0) is 33.1 Å². The van der Waals surface area contributed by atoms with Crippen molar-refractivity contribution in [1.29, 1.82) is 0 Å². The molecule has 1 fully saturated rings. The Morgan fingerprint density at radius 3 is 2.76 bits per heavy atom. The van der Waals surface area contributed by atoms with Gasteiger partial charge in [-0.15, -0.1) is 0 Å². The van der Waals surface area contributed by atoms with Crippen LogP contribution in [0.3, 0.4) is 0 Å². The van der Waals surface area contributed by atoms with Gasteiger partial charge in [0.1, 0.15) is 11.6 Å². The Morgan fingerprint density at radius 1 is 1.41 bits per heavy atom. The van der Waals surface area contributed by atoms with Gasteiger partial charge in [0.2, 0.25) is 5.88 Å². The topological polar surface area (TPSA) is 47.0 Å². The molecule has 4 nitrogen and oxygen atoms in total. The first-order chi connectivity index (χ1) is 8.22. The summed E-state index contributed by atoms with van der Waals surface area (Å²) in [6.45, 7) is 6.92. The summed E-state index contributed by atoms with van der Waals surface area (Å²) < 4.78 is 5.49. The van der Waals surface area contributed by atoms with Crippen LogP contribution in [-0.2, 0) is 0 Å². The summed E-state index contributed by atoms with van der Waals surface area (Å²) in [6.07, 6.45) is 3.49. The van der Waals surface area contributed by atoms with Gasteiger partial charge in [0, 0.05) is 18.0 Å². The van der Waals surface area contributed by atoms with Crippen LogP contribution in [0.5, 0.6) is 5.88 Å². The lowest BCUT2D eigenvalue weighted by Gasteiger charge is -2.14. The average molecular weight is 235 g/mol. The maximum absolute atomic E-state index is 5.49. The predicted molar refractivity (Wildman–Crippen MR) is 68.6 cm³/mol. The van der Waals surface area contributed by atoms with E-state index in [4.69, 9.17) is 4.74 Å². The zero-order valence-electron chi connectivity index (χ0n) is 10.9. The fraction of sp³-hybridized carbons (Fsp3) is 0.692. The molecule has 0 aliphatic heterocycles. The molecule has 1 N–H and O–H groups in total. The predicted octanol–water partition coefficient (Wildman–Crippen LogP) is 2.96. The van der Waals surface area contributed by atoms with E-state index < -0.39 is 0 Å². The smallest absolute Gasteiger partial charge is 0.218 e. The van der Waals surface area contributed by atoms with E-state index in [1.165, 1.54) is 12.8 Å². The lowest BCUT2D eigenvalue weighted by molar-refractivity contribution is 0.325. The molecule has 4 heteroatoms. The zero-order chi connectivity index (χ0) is 12.3. The van der Waals surface area contributed by atoms with E-state index in [1.807, 2.05) is 13.0 Å². The van der Waals surface area contributed by atoms with Crippen LogP contribution < -0.4 is 10.1 Å². The molecule has 1 aromatic heterocycles. The molecular formula is C13H21N3O. The second kappa shape index (κ2) is 5.34. The van der Waals surface area contributed by atoms with Crippen LogP contribution in [0.1, 0.15) is 51.8 Å². The summed E-state index contributed by atoms with van der Waals surface area (Å²) in [7, 11) is 0. The van der Waals surface area contributed by atoms with Crippen molar-refractivity contribution in [1.82, 2.24) is 9.97 Å². The molecule has 94 valence electrons. The summed E-state index contributed by atoms with van der Waals surface area (Å²) in [4.78, 5) is 9.01. The van der Waals surface area contributed by atoms with E-state index in [2.05, 4.69) is 29.1 Å². The fourth-order valence-electron chi connectivity index (χ4n) is 1.62. The van der Waals surface area contributed by atoms with Crippen LogP contribution in [0.25, 0.3) is 0 Å². The Kier molecular flexibility index (Phi) is 3.82. The van der Waals surface area contributed by atoms with E-state index >= 15 is 0 Å². The summed E-state index contributed by atoms with van der Waals surface area (Å²) in [5, 5.41) is 3.38. The van der Waals surface area contributed by atoms with E-state index in [-0.39, 0.29) is 0 Å². The third-order valence-electron chi connectivity index (χ3n) is 2.96. The maximum Gasteiger partial charge on any atom is 0.218 e. The Bertz CT molecular complexity index is 377. The third kappa shape index (κ3) is 3.32. The van der Waals surface area contributed by atoms with Crippen molar-refractivity contribution in [3.63, 3.8) is 0 Å². The number of nitrogens with one attached hydrogen (secondary N) is 1. The minimum absolute atomic E-state index is 0.423. The minimum Gasteiger partial charge on any atom is -0.478 e. The van der Waals surface area contributed by atoms with Crippen molar-refractivity contribution in [2.75, 3.05) is 11.9 Å². The standard InChI is InChI=1S/C13H21N3O/c1-4-9(3)14-11-8-12(17-5-2)16-13(15-11)10-6-7-10/h8-10H,4-7H2,1-3H3,(H,14,15,16). The highest BCUT2D eigenvalue weighted by molar-refractivity contribution is 5.40. The SMILES string of the molecule is CCOc1cc(NC(C)CC)nc(C2CC2)n1. The number of aromatic nitrogens is 2. The van der Waals surface area contributed by atoms with Crippen LogP contribution in [0.15, 0.2) is 6.07 Å². The summed E-state index contributed by atoms with van der Waals surface area (Å²) in [6, 6.07) is 2.31. The minimum atomic E-state index is 0.423. The number of rotatable bonds is 6. The lowest BCUT2D eigenvalue weighted by atomic mass is 10.2. The molecule has 1 aromatic rings. The van der Waals surface area contributed by atoms with Gasteiger partial charge in [-0.3, -0.25) is 0 Å². The molecule has 1 atom stereocenters. The normalized spacial score (nSPS) is 16.6. The van der Waals surface area contributed by atoms with Gasteiger partial charge in [0.15, 0.2) is 0 Å². The molecule has 0 aromatic carbocycles. The van der Waals surface area contributed by atoms with E-state index in [0.717, 1.165) is 18.1 Å². The Balaban J connectivity index is 2.17. The van der Waals surface area contributed by atoms with Gasteiger partial charge in [0.25, 0.3) is 0 Å². The Morgan fingerprint density at radius 2 is 2.18 bits per heavy atom. The maximum atomic E-state index is 5.49. The molecule has 17 heavy (non-hydrogen) atoms. The van der Waals surface area contributed by atoms with Crippen LogP contribution in [-0.4, -0.2) is 22.6 Å². The van der Waals surface area contributed by atoms with Gasteiger partial charge < -0.3 is 10.1 Å². The molecule has 0 spiro atoms. The van der Waals surface area contributed by atoms with E-state index in [0.29, 0.717) is 24.4 Å². The first kappa shape index (κ1) is 12.1. The van der Waals surface area contributed by atoms with E-state index in [1.54, 1.807) is 0 Å². The zero-order valence-corrected chi connectivity index (χ0v) is 10.9. The highest BCUT2D eigenvalue weighted by Gasteiger charge is 2.27. The van der Waals surface area contributed by atoms with Crippen molar-refractivity contribution in [2.24, 2.45) is 0 Å². The van der Waals surface area contributed by atoms with Gasteiger partial charge in [-0.1, -0.05) is 6.92 Å². The molecule has 0 bridgehead atoms. The highest BCUT2D eigenvalue weighted by atomic mass is 16.5. The average Bonchev–Trinajstić information content (AvgIpc) is 3.12. The number of nitrogens with zero attached hydrogens (tertiary/aromatic N) is 2. The molecule has 1 saturated carbocycles. The second-order valence-electron chi connectivity index (χ2n) is 4.61. The molecular weight excluding hydrogens is 214 g/mol. The molecule has 0 amide bonds. The van der Waals surface area contributed by atoms with Crippen LogP contribution in [0.2, 0.25) is 0 Å². The molecule has 1 unspecified atom stereocenters. The largest absolute Gasteiger partial charge is 0.478 e. The summed E-state index contributed by atoms with van der Waals surface area (Å²) in [5.41, 5.74) is 0. The van der Waals surface area contributed by atoms with Gasteiger partial charge in [0.05, 0.1) is 6.61 Å². The Labute approximate surface area is 103 Å². The van der Waals surface area contributed by atoms with Gasteiger partial charge in [-0.25, -0.2) is 4.98 Å². The number of anilines is 1. The van der Waals surface area contributed by atoms with Gasteiger partial charge >= 0.3 is 0 Å². The third-order valence-corrected chi connectivity index (χ3v) is 2.96. The number of hydrogen-bond acceptors (Lipinski definition) is 4. The molecule has 1 aliphatic rings. The Hall–Kier alpha value is -1.32. The summed E-state index contributed by atoms with van der Waals surface area (Å²) >= 11 is 0. The van der Waals surface area contributed by atoms with Crippen LogP contribution in [0, 0.1) is 0 Å². The molecule has 1 aliphatic carbocycles. The molecule has 1 heterocycles. The fourth-order valence-corrected chi connectivity index (χ4v) is 1.62. The number of ether oxygens (including phenoxy) is 1. The summed E-state index contributed by atoms with van der Waals surface area (Å²) in [5.74, 6) is 3.06. The van der Waals surface area contributed by atoms with Crippen LogP contribution >= 0.6 is 0 Å². The monoisotopic (exact) mass is 235 g/mol. The molecule has 0 saturated heterocycles. The molecule has 0 radical (unpaired) electrons. The first-order valence-electron chi connectivity index (χ1n) is 6.51. The van der Waals surface area contributed by atoms with Crippen molar-refractivity contribution >= 4 is 5.82 Å². The second-order valence-corrected chi connectivity index (χ2v) is 4.61. The number of hydrogen-bond donors (Lipinski definition) is 1. The van der Waals surface area contributed by atoms with E-state index in [9.17, 15) is 0 Å². The highest BCUT2D eigenvalue weighted by Crippen LogP contribution is 2.39. The van der Waals surface area contributed by atoms with Gasteiger partial charge in [-0.2, -0.15) is 4.98 Å². The molecule has 2 rings (SSSR count). The van der Waals surface area contributed by atoms with Crippen molar-refractivity contribution in [3.8, 4) is 5.88 Å². The quantitative estimate of drug-likeness (QED) is 0.823. The van der Waals surface area contributed by atoms with Crippen molar-refractivity contribution < 1.29 is 4.74 Å².